The maximum absolute atomic E-state index is 17.2. The first-order chi connectivity index (χ1) is 26.8. The summed E-state index contributed by atoms with van der Waals surface area (Å²) in [5.74, 6) is -0.376. The molecule has 9 heteroatoms. The van der Waals surface area contributed by atoms with Crippen LogP contribution in [0.25, 0.3) is 11.4 Å². The molecule has 1 heterocycles. The van der Waals surface area contributed by atoms with Gasteiger partial charge < -0.3 is 14.8 Å². The summed E-state index contributed by atoms with van der Waals surface area (Å²) >= 11 is 0. The van der Waals surface area contributed by atoms with Gasteiger partial charge in [-0.25, -0.2) is 18.4 Å². The van der Waals surface area contributed by atoms with Gasteiger partial charge in [-0.2, -0.15) is 5.26 Å². The van der Waals surface area contributed by atoms with E-state index in [9.17, 15) is 5.26 Å². The lowest BCUT2D eigenvalue weighted by molar-refractivity contribution is 0.228. The predicted octanol–water partition coefficient (Wildman–Crippen LogP) is 10.3. The number of anilines is 1. The molecule has 7 aromatic rings. The number of ether oxygens (including phenoxy) is 2. The Labute approximate surface area is 319 Å². The van der Waals surface area contributed by atoms with Gasteiger partial charge in [-0.1, -0.05) is 103 Å². The number of benzene rings is 6. The van der Waals surface area contributed by atoms with E-state index in [1.807, 2.05) is 112 Å². The molecular formula is C46H39F2N5O2. The molecule has 274 valence electrons. The summed E-state index contributed by atoms with van der Waals surface area (Å²) in [4.78, 5) is 5.15. The molecular weight excluding hydrogens is 693 g/mol. The quantitative estimate of drug-likeness (QED) is 0.119. The van der Waals surface area contributed by atoms with Crippen molar-refractivity contribution in [2.45, 2.75) is 38.5 Å². The Morgan fingerprint density at radius 2 is 1.33 bits per heavy atom. The Balaban J connectivity index is 1.63. The number of halogens is 2. The van der Waals surface area contributed by atoms with Gasteiger partial charge in [-0.15, -0.1) is 5.10 Å². The summed E-state index contributed by atoms with van der Waals surface area (Å²) < 4.78 is 46.8. The molecule has 0 saturated heterocycles. The molecule has 0 aliphatic rings. The van der Waals surface area contributed by atoms with Gasteiger partial charge in [-0.3, -0.25) is 0 Å². The van der Waals surface area contributed by atoms with Crippen LogP contribution in [0.5, 0.6) is 11.5 Å². The minimum absolute atomic E-state index is 0.00316. The molecule has 0 bridgehead atoms. The lowest BCUT2D eigenvalue weighted by Gasteiger charge is -2.38. The number of aromatic nitrogens is 3. The Morgan fingerprint density at radius 1 is 0.764 bits per heavy atom. The van der Waals surface area contributed by atoms with E-state index in [1.165, 1.54) is 6.07 Å². The van der Waals surface area contributed by atoms with Crippen molar-refractivity contribution >= 4 is 5.69 Å². The monoisotopic (exact) mass is 731 g/mol. The molecule has 1 unspecified atom stereocenters. The average molecular weight is 732 g/mol. The maximum atomic E-state index is 17.2. The fraction of sp³-hybridized carbons (Fsp3) is 0.152. The van der Waals surface area contributed by atoms with Crippen LogP contribution in [0.4, 0.5) is 14.5 Å². The molecule has 1 aromatic heterocycles. The Morgan fingerprint density at radius 3 is 1.85 bits per heavy atom. The van der Waals surface area contributed by atoms with E-state index in [0.717, 1.165) is 16.7 Å². The molecule has 0 aliphatic carbocycles. The van der Waals surface area contributed by atoms with E-state index in [4.69, 9.17) is 19.6 Å². The highest BCUT2D eigenvalue weighted by molar-refractivity contribution is 5.59. The van der Waals surface area contributed by atoms with Gasteiger partial charge in [0.25, 0.3) is 0 Å². The van der Waals surface area contributed by atoms with E-state index >= 15 is 8.78 Å². The lowest BCUT2D eigenvalue weighted by atomic mass is 9.77. The number of nitrogens with one attached hydrogen (secondary N) is 1. The minimum Gasteiger partial charge on any atom is -0.494 e. The van der Waals surface area contributed by atoms with Crippen LogP contribution < -0.4 is 14.8 Å². The number of rotatable bonds is 13. The van der Waals surface area contributed by atoms with Crippen LogP contribution in [0.2, 0.25) is 0 Å². The second-order valence-corrected chi connectivity index (χ2v) is 13.2. The van der Waals surface area contributed by atoms with Gasteiger partial charge in [-0.05, 0) is 79.9 Å². The van der Waals surface area contributed by atoms with E-state index < -0.39 is 23.2 Å². The van der Waals surface area contributed by atoms with Gasteiger partial charge in [0.15, 0.2) is 23.2 Å². The number of hydrogen-bond donors (Lipinski definition) is 1. The highest BCUT2D eigenvalue weighted by atomic mass is 19.1. The van der Waals surface area contributed by atoms with Gasteiger partial charge in [0.2, 0.25) is 0 Å². The second kappa shape index (κ2) is 16.1. The molecule has 0 saturated carbocycles. The third-order valence-electron chi connectivity index (χ3n) is 9.25. The zero-order valence-corrected chi connectivity index (χ0v) is 30.7. The molecule has 0 fully saturated rings. The van der Waals surface area contributed by atoms with Crippen LogP contribution in [-0.2, 0) is 5.54 Å². The van der Waals surface area contributed by atoms with Crippen LogP contribution in [0.3, 0.4) is 0 Å². The molecule has 7 nitrogen and oxygen atoms in total. The molecule has 0 amide bonds. The van der Waals surface area contributed by atoms with Crippen LogP contribution in [0.1, 0.15) is 60.5 Å². The maximum Gasteiger partial charge on any atom is 0.184 e. The summed E-state index contributed by atoms with van der Waals surface area (Å²) in [6, 6.07) is 47.1. The molecule has 1 N–H and O–H groups in total. The van der Waals surface area contributed by atoms with Gasteiger partial charge in [0, 0.05) is 17.3 Å². The normalized spacial score (nSPS) is 11.9. The van der Waals surface area contributed by atoms with Crippen LogP contribution in [0, 0.1) is 23.0 Å². The van der Waals surface area contributed by atoms with E-state index in [1.54, 1.807) is 59.3 Å². The van der Waals surface area contributed by atoms with Gasteiger partial charge in [0.05, 0.1) is 29.9 Å². The van der Waals surface area contributed by atoms with E-state index in [0.29, 0.717) is 23.6 Å². The van der Waals surface area contributed by atoms with E-state index in [2.05, 4.69) is 11.4 Å². The molecule has 6 aromatic carbocycles. The smallest absolute Gasteiger partial charge is 0.184 e. The minimum atomic E-state index is -1.22. The van der Waals surface area contributed by atoms with Gasteiger partial charge >= 0.3 is 0 Å². The highest BCUT2D eigenvalue weighted by Crippen LogP contribution is 2.45. The molecule has 55 heavy (non-hydrogen) atoms. The van der Waals surface area contributed by atoms with E-state index in [-0.39, 0.29) is 34.6 Å². The van der Waals surface area contributed by atoms with Crippen molar-refractivity contribution in [2.24, 2.45) is 0 Å². The van der Waals surface area contributed by atoms with Crippen molar-refractivity contribution in [3.8, 4) is 29.0 Å². The zero-order valence-electron chi connectivity index (χ0n) is 30.7. The summed E-state index contributed by atoms with van der Waals surface area (Å²) in [7, 11) is 0. The lowest BCUT2D eigenvalue weighted by Crippen LogP contribution is -2.41. The fourth-order valence-electron chi connectivity index (χ4n) is 6.90. The van der Waals surface area contributed by atoms with Crippen LogP contribution in [-0.4, -0.2) is 27.5 Å². The molecule has 0 radical (unpaired) electrons. The SMILES string of the molecule is CCOc1cc(OC(C)C)c(F)c(C(Nc2ccc(C#N)cc2)c2nc(-c3ccccc3F)nn2C(c2ccccc2)(c2ccccc2)c2ccccc2)c1. The van der Waals surface area contributed by atoms with Crippen molar-refractivity contribution in [1.82, 2.24) is 14.8 Å². The van der Waals surface area contributed by atoms with Crippen molar-refractivity contribution in [1.29, 1.82) is 5.26 Å². The third-order valence-corrected chi connectivity index (χ3v) is 9.25. The summed E-state index contributed by atoms with van der Waals surface area (Å²) in [5.41, 5.74) is 2.65. The van der Waals surface area contributed by atoms with Crippen LogP contribution >= 0.6 is 0 Å². The van der Waals surface area contributed by atoms with Crippen molar-refractivity contribution in [3.05, 3.63) is 197 Å². The third kappa shape index (κ3) is 7.27. The largest absolute Gasteiger partial charge is 0.494 e. The second-order valence-electron chi connectivity index (χ2n) is 13.2. The number of hydrogen-bond acceptors (Lipinski definition) is 6. The van der Waals surface area contributed by atoms with Crippen molar-refractivity contribution < 1.29 is 18.3 Å². The molecule has 7 rings (SSSR count). The number of nitriles is 1. The summed E-state index contributed by atoms with van der Waals surface area (Å²) in [5, 5.41) is 18.3. The fourth-order valence-corrected chi connectivity index (χ4v) is 6.90. The first kappa shape index (κ1) is 36.6. The summed E-state index contributed by atoms with van der Waals surface area (Å²) in [6.07, 6.45) is -0.345. The highest BCUT2D eigenvalue weighted by Gasteiger charge is 2.44. The summed E-state index contributed by atoms with van der Waals surface area (Å²) in [6.45, 7) is 5.82. The van der Waals surface area contributed by atoms with Crippen molar-refractivity contribution in [3.63, 3.8) is 0 Å². The topological polar surface area (TPSA) is 85.0 Å². The van der Waals surface area contributed by atoms with Gasteiger partial charge in [0.1, 0.15) is 23.1 Å². The zero-order chi connectivity index (χ0) is 38.4. The van der Waals surface area contributed by atoms with Crippen LogP contribution in [0.15, 0.2) is 152 Å². The molecule has 0 aliphatic heterocycles. The Kier molecular flexibility index (Phi) is 10.7. The number of nitrogens with zero attached hydrogens (tertiary/aromatic N) is 4. The molecule has 1 atom stereocenters. The Hall–Kier alpha value is -6.79. The first-order valence-electron chi connectivity index (χ1n) is 18.1. The Bertz CT molecular complexity index is 2320. The first-order valence-corrected chi connectivity index (χ1v) is 18.1. The molecule has 0 spiro atoms. The standard InChI is InChI=1S/C46H39F2N5O2/c1-4-54-37-28-39(42(48)41(29-37)55-31(2)3)43(50-36-26-24-32(30-49)25-27-36)45-51-44(38-22-14-15-23-40(38)47)52-53(45)46(33-16-8-5-9-17-33,34-18-10-6-11-19-34)35-20-12-7-13-21-35/h5-29,31,43,50H,4H2,1-3H3. The average Bonchev–Trinajstić information content (AvgIpc) is 3.65. The predicted molar refractivity (Wildman–Crippen MR) is 210 cm³/mol. The van der Waals surface area contributed by atoms with Crippen molar-refractivity contribution in [2.75, 3.05) is 11.9 Å².